The minimum absolute atomic E-state index is 0.00776. The van der Waals surface area contributed by atoms with Gasteiger partial charge in [0.2, 0.25) is 5.88 Å². The fourth-order valence-corrected chi connectivity index (χ4v) is 3.83. The zero-order valence-corrected chi connectivity index (χ0v) is 15.5. The molecule has 0 amide bonds. The molecule has 2 N–H and O–H groups in total. The number of hydrogen-bond acceptors (Lipinski definition) is 6. The van der Waals surface area contributed by atoms with E-state index in [1.807, 2.05) is 43.3 Å². The molecule has 0 aliphatic carbocycles. The number of aromatic nitrogens is 2. The van der Waals surface area contributed by atoms with Gasteiger partial charge in [0.05, 0.1) is 4.88 Å². The number of nitrogens with one attached hydrogen (secondary N) is 1. The topological polar surface area (TPSA) is 70.4 Å². The highest BCUT2D eigenvalue weighted by Gasteiger charge is 2.15. The molecule has 3 heterocycles. The lowest BCUT2D eigenvalue weighted by Crippen LogP contribution is -2.01. The van der Waals surface area contributed by atoms with Gasteiger partial charge in [-0.15, -0.1) is 0 Å². The van der Waals surface area contributed by atoms with Gasteiger partial charge in [-0.3, -0.25) is 0 Å². The van der Waals surface area contributed by atoms with Crippen molar-refractivity contribution in [2.45, 2.75) is 13.5 Å². The van der Waals surface area contributed by atoms with Gasteiger partial charge in [0.1, 0.15) is 0 Å². The third-order valence-corrected chi connectivity index (χ3v) is 5.42. The van der Waals surface area contributed by atoms with Gasteiger partial charge in [0, 0.05) is 35.1 Å². The van der Waals surface area contributed by atoms with Crippen LogP contribution in [0.25, 0.3) is 11.6 Å². The predicted octanol–water partition coefficient (Wildman–Crippen LogP) is 5.07. The average molecular weight is 383 g/mol. The van der Waals surface area contributed by atoms with Crippen LogP contribution < -0.4 is 5.32 Å². The molecule has 130 valence electrons. The van der Waals surface area contributed by atoms with Gasteiger partial charge in [0.25, 0.3) is 0 Å². The number of aliphatic imine (C=N–C) groups is 1. The Balaban J connectivity index is 1.56. The highest BCUT2D eigenvalue weighted by atomic mass is 35.5. The molecule has 4 rings (SSSR count). The third kappa shape index (κ3) is 3.21. The fourth-order valence-electron chi connectivity index (χ4n) is 2.73. The molecule has 0 unspecified atom stereocenters. The third-order valence-electron chi connectivity index (χ3n) is 4.11. The number of aromatic hydroxyl groups is 1. The Labute approximate surface area is 159 Å². The van der Waals surface area contributed by atoms with Gasteiger partial charge in [-0.1, -0.05) is 35.1 Å². The highest BCUT2D eigenvalue weighted by molar-refractivity contribution is 7.16. The number of thiazole rings is 1. The smallest absolute Gasteiger partial charge is 0.231 e. The molecular formula is C19H15ClN4OS. The number of halogens is 1. The van der Waals surface area contributed by atoms with E-state index in [0.29, 0.717) is 27.4 Å². The van der Waals surface area contributed by atoms with Crippen LogP contribution in [0.1, 0.15) is 21.6 Å². The van der Waals surface area contributed by atoms with Crippen LogP contribution in [0, 0.1) is 6.92 Å². The summed E-state index contributed by atoms with van der Waals surface area (Å²) >= 11 is 7.64. The number of hydrogen-bond donors (Lipinski definition) is 2. The van der Waals surface area contributed by atoms with Crippen molar-refractivity contribution in [2.24, 2.45) is 4.99 Å². The molecule has 5 nitrogen and oxygen atoms in total. The molecule has 7 heteroatoms. The van der Waals surface area contributed by atoms with Crippen molar-refractivity contribution in [2.75, 3.05) is 5.32 Å². The van der Waals surface area contributed by atoms with Crippen LogP contribution in [0.3, 0.4) is 0 Å². The molecular weight excluding hydrogens is 368 g/mol. The van der Waals surface area contributed by atoms with Crippen molar-refractivity contribution in [1.29, 1.82) is 0 Å². The minimum Gasteiger partial charge on any atom is -0.492 e. The van der Waals surface area contributed by atoms with E-state index in [1.165, 1.54) is 11.3 Å². The van der Waals surface area contributed by atoms with E-state index in [2.05, 4.69) is 20.3 Å². The second kappa shape index (κ2) is 6.90. The number of nitrogens with zero attached hydrogens (tertiary/aromatic N) is 3. The average Bonchev–Trinajstić information content (AvgIpc) is 3.19. The summed E-state index contributed by atoms with van der Waals surface area (Å²) in [5.74, 6) is 0.682. The second-order valence-electron chi connectivity index (χ2n) is 5.83. The maximum absolute atomic E-state index is 10.2. The first kappa shape index (κ1) is 16.8. The summed E-state index contributed by atoms with van der Waals surface area (Å²) in [6.07, 6.45) is 5.33. The predicted molar refractivity (Wildman–Crippen MR) is 108 cm³/mol. The summed E-state index contributed by atoms with van der Waals surface area (Å²) in [6.45, 7) is 2.56. The van der Waals surface area contributed by atoms with Crippen molar-refractivity contribution in [1.82, 2.24) is 9.97 Å². The Kier molecular flexibility index (Phi) is 4.44. The molecule has 1 aromatic carbocycles. The van der Waals surface area contributed by atoms with E-state index < -0.39 is 0 Å². The van der Waals surface area contributed by atoms with E-state index in [9.17, 15) is 5.11 Å². The number of rotatable bonds is 4. The lowest BCUT2D eigenvalue weighted by molar-refractivity contribution is 0.456. The largest absolute Gasteiger partial charge is 0.492 e. The summed E-state index contributed by atoms with van der Waals surface area (Å²) in [4.78, 5) is 13.4. The zero-order chi connectivity index (χ0) is 18.1. The first-order valence-electron chi connectivity index (χ1n) is 8.00. The van der Waals surface area contributed by atoms with Gasteiger partial charge < -0.3 is 10.4 Å². The first-order valence-corrected chi connectivity index (χ1v) is 9.20. The van der Waals surface area contributed by atoms with E-state index >= 15 is 0 Å². The normalized spacial score (nSPS) is 14.0. The van der Waals surface area contributed by atoms with Crippen molar-refractivity contribution in [3.05, 3.63) is 63.1 Å². The quantitative estimate of drug-likeness (QED) is 0.660. The van der Waals surface area contributed by atoms with Crippen LogP contribution in [0.2, 0.25) is 5.02 Å². The van der Waals surface area contributed by atoms with Crippen LogP contribution in [-0.2, 0) is 6.54 Å². The Morgan fingerprint density at radius 2 is 2.15 bits per heavy atom. The SMILES string of the molecule is Cc1cccc(Cl)c1CNc1nc(O)c(C=C2C=Nc3ncccc32)s1. The summed E-state index contributed by atoms with van der Waals surface area (Å²) in [5.41, 5.74) is 3.98. The maximum atomic E-state index is 10.2. The first-order chi connectivity index (χ1) is 12.6. The monoisotopic (exact) mass is 382 g/mol. The molecule has 0 atom stereocenters. The lowest BCUT2D eigenvalue weighted by atomic mass is 10.1. The van der Waals surface area contributed by atoms with Crippen molar-refractivity contribution < 1.29 is 5.11 Å². The van der Waals surface area contributed by atoms with E-state index in [4.69, 9.17) is 11.6 Å². The molecule has 0 saturated carbocycles. The highest BCUT2D eigenvalue weighted by Crippen LogP contribution is 2.35. The van der Waals surface area contributed by atoms with Gasteiger partial charge in [0.15, 0.2) is 10.9 Å². The van der Waals surface area contributed by atoms with Crippen molar-refractivity contribution in [3.63, 3.8) is 0 Å². The van der Waals surface area contributed by atoms with Crippen LogP contribution in [0.15, 0.2) is 41.5 Å². The second-order valence-corrected chi connectivity index (χ2v) is 7.27. The molecule has 26 heavy (non-hydrogen) atoms. The van der Waals surface area contributed by atoms with Gasteiger partial charge in [-0.2, -0.15) is 4.98 Å². The molecule has 2 aromatic heterocycles. The number of benzene rings is 1. The number of fused-ring (bicyclic) bond motifs is 1. The molecule has 0 saturated heterocycles. The molecule has 0 fully saturated rings. The Hall–Kier alpha value is -2.70. The molecule has 0 bridgehead atoms. The number of pyridine rings is 1. The van der Waals surface area contributed by atoms with Crippen LogP contribution in [-0.4, -0.2) is 21.3 Å². The number of allylic oxidation sites excluding steroid dienone is 1. The van der Waals surface area contributed by atoms with Gasteiger partial charge in [-0.25, -0.2) is 9.98 Å². The Morgan fingerprint density at radius 3 is 3.00 bits per heavy atom. The summed E-state index contributed by atoms with van der Waals surface area (Å²) in [7, 11) is 0. The Morgan fingerprint density at radius 1 is 1.27 bits per heavy atom. The molecule has 1 aliphatic heterocycles. The lowest BCUT2D eigenvalue weighted by Gasteiger charge is -2.08. The minimum atomic E-state index is -0.00776. The summed E-state index contributed by atoms with van der Waals surface area (Å²) < 4.78 is 0. The van der Waals surface area contributed by atoms with Gasteiger partial charge >= 0.3 is 0 Å². The van der Waals surface area contributed by atoms with Gasteiger partial charge in [-0.05, 0) is 42.3 Å². The van der Waals surface area contributed by atoms with Crippen molar-refractivity contribution in [3.8, 4) is 5.88 Å². The molecule has 0 radical (unpaired) electrons. The van der Waals surface area contributed by atoms with Crippen LogP contribution in [0.5, 0.6) is 5.88 Å². The maximum Gasteiger partial charge on any atom is 0.231 e. The van der Waals surface area contributed by atoms with E-state index in [1.54, 1.807) is 12.4 Å². The van der Waals surface area contributed by atoms with Crippen molar-refractivity contribution >= 4 is 51.8 Å². The molecule has 0 spiro atoms. The van der Waals surface area contributed by atoms with E-state index in [0.717, 1.165) is 22.3 Å². The zero-order valence-electron chi connectivity index (χ0n) is 13.9. The summed E-state index contributed by atoms with van der Waals surface area (Å²) in [6, 6.07) is 9.64. The van der Waals surface area contributed by atoms with Crippen LogP contribution >= 0.6 is 22.9 Å². The molecule has 3 aromatic rings. The number of anilines is 1. The van der Waals surface area contributed by atoms with E-state index in [-0.39, 0.29) is 5.88 Å². The summed E-state index contributed by atoms with van der Waals surface area (Å²) in [5, 5.41) is 14.8. The molecule has 1 aliphatic rings. The Bertz CT molecular complexity index is 1020. The standard InChI is InChI=1S/C19H15ClN4OS/c1-11-4-2-6-15(20)14(11)10-23-19-24-18(25)16(26-19)8-12-9-22-17-13(12)5-3-7-21-17/h2-9,25H,10H2,1H3,(H,23,24). The fraction of sp³-hybridized carbons (Fsp3) is 0.105. The van der Waals surface area contributed by atoms with Crippen LogP contribution in [0.4, 0.5) is 10.9 Å². The number of aryl methyl sites for hydroxylation is 1.